The Morgan fingerprint density at radius 1 is 1.07 bits per heavy atom. The molecule has 1 N–H and O–H groups in total. The molecule has 1 saturated carbocycles. The summed E-state index contributed by atoms with van der Waals surface area (Å²) in [4.78, 5) is 20.7. The zero-order chi connectivity index (χ0) is 18.9. The van der Waals surface area contributed by atoms with Crippen LogP contribution in [-0.4, -0.2) is 29.9 Å². The quantitative estimate of drug-likeness (QED) is 0.690. The molecule has 1 amide bonds. The minimum absolute atomic E-state index is 0.0516. The molecule has 0 aliphatic heterocycles. The fourth-order valence-corrected chi connectivity index (χ4v) is 4.61. The number of rotatable bonds is 6. The molecule has 1 heterocycles. The summed E-state index contributed by atoms with van der Waals surface area (Å²) < 4.78 is 0. The van der Waals surface area contributed by atoms with E-state index < -0.39 is 0 Å². The number of carbonyl (C=O) groups is 1. The van der Waals surface area contributed by atoms with Gasteiger partial charge in [-0.05, 0) is 38.1 Å². The van der Waals surface area contributed by atoms with Crippen molar-refractivity contribution in [1.82, 2.24) is 9.88 Å². The smallest absolute Gasteiger partial charge is 0.236 e. The molecule has 138 valence electrons. The first-order chi connectivity index (χ1) is 13.1. The van der Waals surface area contributed by atoms with Crippen LogP contribution in [0.4, 0.5) is 5.13 Å². The van der Waals surface area contributed by atoms with Crippen molar-refractivity contribution in [3.63, 3.8) is 0 Å². The molecule has 1 aliphatic carbocycles. The van der Waals surface area contributed by atoms with E-state index in [-0.39, 0.29) is 17.4 Å². The molecule has 1 unspecified atom stereocenters. The van der Waals surface area contributed by atoms with Gasteiger partial charge in [0.05, 0.1) is 11.5 Å². The first-order valence-electron chi connectivity index (χ1n) is 9.14. The van der Waals surface area contributed by atoms with E-state index in [1.165, 1.54) is 5.56 Å². The highest BCUT2D eigenvalue weighted by Crippen LogP contribution is 2.49. The number of carbonyl (C=O) groups excluding carboxylic acids is 1. The normalized spacial score (nSPS) is 16.1. The maximum atomic E-state index is 12.9. The SMILES string of the molecule is CN(C)C(c1ccccc1)c1cnc(NC(=O)C2(c3ccccc3)CC2)s1. The number of nitrogens with one attached hydrogen (secondary N) is 1. The monoisotopic (exact) mass is 377 g/mol. The lowest BCUT2D eigenvalue weighted by Gasteiger charge is -2.23. The van der Waals surface area contributed by atoms with E-state index in [4.69, 9.17) is 0 Å². The van der Waals surface area contributed by atoms with Crippen molar-refractivity contribution < 1.29 is 4.79 Å². The van der Waals surface area contributed by atoms with Gasteiger partial charge in [-0.15, -0.1) is 0 Å². The number of amides is 1. The van der Waals surface area contributed by atoms with Crippen LogP contribution >= 0.6 is 11.3 Å². The van der Waals surface area contributed by atoms with Gasteiger partial charge in [-0.2, -0.15) is 0 Å². The molecule has 4 nitrogen and oxygen atoms in total. The first kappa shape index (κ1) is 17.9. The maximum Gasteiger partial charge on any atom is 0.236 e. The number of thiazole rings is 1. The minimum atomic E-state index is -0.381. The van der Waals surface area contributed by atoms with E-state index in [9.17, 15) is 4.79 Å². The van der Waals surface area contributed by atoms with Crippen LogP contribution in [0.5, 0.6) is 0 Å². The number of aromatic nitrogens is 1. The van der Waals surface area contributed by atoms with E-state index in [1.54, 1.807) is 11.3 Å². The molecule has 1 aliphatic rings. The van der Waals surface area contributed by atoms with E-state index in [2.05, 4.69) is 41.4 Å². The van der Waals surface area contributed by atoms with E-state index >= 15 is 0 Å². The summed E-state index contributed by atoms with van der Waals surface area (Å²) in [5, 5.41) is 3.73. The zero-order valence-corrected chi connectivity index (χ0v) is 16.4. The zero-order valence-electron chi connectivity index (χ0n) is 15.6. The van der Waals surface area contributed by atoms with Gasteiger partial charge < -0.3 is 5.32 Å². The lowest BCUT2D eigenvalue weighted by Crippen LogP contribution is -2.27. The van der Waals surface area contributed by atoms with Crippen LogP contribution in [-0.2, 0) is 10.2 Å². The fourth-order valence-electron chi connectivity index (χ4n) is 3.57. The molecule has 1 fully saturated rings. The minimum Gasteiger partial charge on any atom is -0.301 e. The molecule has 0 radical (unpaired) electrons. The summed E-state index contributed by atoms with van der Waals surface area (Å²) in [5.41, 5.74) is 1.93. The molecule has 27 heavy (non-hydrogen) atoms. The summed E-state index contributed by atoms with van der Waals surface area (Å²) in [6.45, 7) is 0. The third kappa shape index (κ3) is 3.53. The third-order valence-corrected chi connectivity index (χ3v) is 6.12. The second-order valence-corrected chi connectivity index (χ2v) is 8.31. The summed E-state index contributed by atoms with van der Waals surface area (Å²) in [5.74, 6) is 0.0516. The number of nitrogens with zero attached hydrogens (tertiary/aromatic N) is 2. The van der Waals surface area contributed by atoms with Crippen molar-refractivity contribution in [1.29, 1.82) is 0 Å². The van der Waals surface area contributed by atoms with Crippen LogP contribution < -0.4 is 5.32 Å². The average Bonchev–Trinajstić information content (AvgIpc) is 3.39. The Kier molecular flexibility index (Phi) is 4.81. The van der Waals surface area contributed by atoms with Gasteiger partial charge in [0.1, 0.15) is 0 Å². The Bertz CT molecular complexity index is 917. The molecule has 0 bridgehead atoms. The molecule has 3 aromatic rings. The Labute approximate surface area is 163 Å². The van der Waals surface area contributed by atoms with E-state index in [1.807, 2.05) is 54.7 Å². The molecular formula is C22H23N3OS. The number of benzene rings is 2. The molecular weight excluding hydrogens is 354 g/mol. The van der Waals surface area contributed by atoms with E-state index in [0.29, 0.717) is 5.13 Å². The average molecular weight is 378 g/mol. The number of hydrogen-bond acceptors (Lipinski definition) is 4. The van der Waals surface area contributed by atoms with E-state index in [0.717, 1.165) is 23.3 Å². The van der Waals surface area contributed by atoms with Gasteiger partial charge in [0.15, 0.2) is 5.13 Å². The van der Waals surface area contributed by atoms with Crippen LogP contribution in [0, 0.1) is 0 Å². The number of hydrogen-bond donors (Lipinski definition) is 1. The van der Waals surface area contributed by atoms with Crippen molar-refractivity contribution in [3.05, 3.63) is 82.9 Å². The number of anilines is 1. The van der Waals surface area contributed by atoms with Crippen LogP contribution in [0.25, 0.3) is 0 Å². The highest BCUT2D eigenvalue weighted by Gasteiger charge is 2.51. The van der Waals surface area contributed by atoms with Gasteiger partial charge in [0.25, 0.3) is 0 Å². The van der Waals surface area contributed by atoms with Crippen LogP contribution in [0.1, 0.15) is 34.9 Å². The summed E-state index contributed by atoms with van der Waals surface area (Å²) >= 11 is 1.55. The molecule has 1 aromatic heterocycles. The fraction of sp³-hybridized carbons (Fsp3) is 0.273. The molecule has 4 rings (SSSR count). The summed E-state index contributed by atoms with van der Waals surface area (Å²) in [7, 11) is 4.12. The van der Waals surface area contributed by atoms with Gasteiger partial charge in [0.2, 0.25) is 5.91 Å². The predicted molar refractivity (Wildman–Crippen MR) is 110 cm³/mol. The second-order valence-electron chi connectivity index (χ2n) is 7.25. The topological polar surface area (TPSA) is 45.2 Å². The summed E-state index contributed by atoms with van der Waals surface area (Å²) in [6.07, 6.45) is 3.66. The maximum absolute atomic E-state index is 12.9. The van der Waals surface area contributed by atoms with Crippen molar-refractivity contribution in [3.8, 4) is 0 Å². The second kappa shape index (κ2) is 7.25. The predicted octanol–water partition coefficient (Wildman–Crippen LogP) is 4.46. The standard InChI is InChI=1S/C22H23N3OS/c1-25(2)19(16-9-5-3-6-10-16)18-15-23-21(27-18)24-20(26)22(13-14-22)17-11-7-4-8-12-17/h3-12,15,19H,13-14H2,1-2H3,(H,23,24,26). The Hall–Kier alpha value is -2.50. The van der Waals surface area contributed by atoms with Crippen molar-refractivity contribution in [2.75, 3.05) is 19.4 Å². The van der Waals surface area contributed by atoms with Crippen LogP contribution in [0.2, 0.25) is 0 Å². The van der Waals surface area contributed by atoms with Gasteiger partial charge in [0, 0.05) is 11.1 Å². The Morgan fingerprint density at radius 3 is 2.30 bits per heavy atom. The van der Waals surface area contributed by atoms with Crippen LogP contribution in [0.15, 0.2) is 66.9 Å². The van der Waals surface area contributed by atoms with Gasteiger partial charge >= 0.3 is 0 Å². The highest BCUT2D eigenvalue weighted by molar-refractivity contribution is 7.15. The molecule has 5 heteroatoms. The van der Waals surface area contributed by atoms with Gasteiger partial charge in [-0.3, -0.25) is 9.69 Å². The Morgan fingerprint density at radius 2 is 1.70 bits per heavy atom. The Balaban J connectivity index is 1.54. The molecule has 2 aromatic carbocycles. The first-order valence-corrected chi connectivity index (χ1v) is 9.96. The molecule has 0 saturated heterocycles. The highest BCUT2D eigenvalue weighted by atomic mass is 32.1. The van der Waals surface area contributed by atoms with Crippen molar-refractivity contribution in [2.45, 2.75) is 24.3 Å². The molecule has 0 spiro atoms. The van der Waals surface area contributed by atoms with Crippen molar-refractivity contribution in [2.24, 2.45) is 0 Å². The molecule has 1 atom stereocenters. The lowest BCUT2D eigenvalue weighted by molar-refractivity contribution is -0.118. The third-order valence-electron chi connectivity index (χ3n) is 5.16. The lowest BCUT2D eigenvalue weighted by atomic mass is 9.95. The van der Waals surface area contributed by atoms with Crippen LogP contribution in [0.3, 0.4) is 0 Å². The largest absolute Gasteiger partial charge is 0.301 e. The summed E-state index contributed by atoms with van der Waals surface area (Å²) in [6, 6.07) is 20.5. The van der Waals surface area contributed by atoms with Gasteiger partial charge in [-0.25, -0.2) is 4.98 Å². The van der Waals surface area contributed by atoms with Gasteiger partial charge in [-0.1, -0.05) is 72.0 Å². The van der Waals surface area contributed by atoms with Crippen molar-refractivity contribution >= 4 is 22.4 Å².